The van der Waals surface area contributed by atoms with Gasteiger partial charge in [-0.1, -0.05) is 39.3 Å². The molecular formula is C25H44O2Si. The van der Waals surface area contributed by atoms with E-state index in [-0.39, 0.29) is 22.0 Å². The zero-order valence-corrected chi connectivity index (χ0v) is 20.2. The Kier molecular flexibility index (Phi) is 4.92. The first kappa shape index (κ1) is 19.8. The van der Waals surface area contributed by atoms with Crippen LogP contribution in [0.4, 0.5) is 0 Å². The number of allylic oxidation sites excluding steroid dienone is 1. The van der Waals surface area contributed by atoms with Crippen molar-refractivity contribution >= 4 is 8.32 Å². The van der Waals surface area contributed by atoms with Crippen LogP contribution >= 0.6 is 0 Å². The van der Waals surface area contributed by atoms with Gasteiger partial charge in [-0.2, -0.15) is 0 Å². The lowest BCUT2D eigenvalue weighted by molar-refractivity contribution is -0.0888. The van der Waals surface area contributed by atoms with Crippen molar-refractivity contribution in [2.75, 3.05) is 6.58 Å². The first-order chi connectivity index (χ1) is 13.4. The van der Waals surface area contributed by atoms with Gasteiger partial charge in [0.1, 0.15) is 0 Å². The van der Waals surface area contributed by atoms with Crippen molar-refractivity contribution in [3.8, 4) is 0 Å². The molecule has 4 aliphatic rings. The van der Waals surface area contributed by atoms with Crippen LogP contribution in [0.25, 0.3) is 0 Å². The molecule has 0 spiro atoms. The van der Waals surface area contributed by atoms with Crippen molar-refractivity contribution in [3.05, 3.63) is 11.6 Å². The highest BCUT2D eigenvalue weighted by molar-refractivity contribution is 6.74. The molecule has 7 atom stereocenters. The monoisotopic (exact) mass is 405 g/mol. The van der Waals surface area contributed by atoms with Crippen LogP contribution < -0.4 is 0 Å². The van der Waals surface area contributed by atoms with Gasteiger partial charge in [-0.05, 0) is 99.1 Å². The highest BCUT2D eigenvalue weighted by Gasteiger charge is 2.60. The van der Waals surface area contributed by atoms with Crippen LogP contribution in [0.5, 0.6) is 0 Å². The molecule has 28 heavy (non-hydrogen) atoms. The van der Waals surface area contributed by atoms with Gasteiger partial charge >= 0.3 is 0 Å². The second-order valence-electron chi connectivity index (χ2n) is 12.2. The molecule has 0 aromatic carbocycles. The predicted molar refractivity (Wildman–Crippen MR) is 120 cm³/mol. The van der Waals surface area contributed by atoms with Crippen molar-refractivity contribution < 1.29 is 10.9 Å². The number of aliphatic hydroxyl groups excluding tert-OH is 1. The van der Waals surface area contributed by atoms with Gasteiger partial charge in [0, 0.05) is 12.0 Å². The molecule has 3 heteroatoms. The van der Waals surface area contributed by atoms with Crippen molar-refractivity contribution in [1.82, 2.24) is 0 Å². The van der Waals surface area contributed by atoms with E-state index in [1.165, 1.54) is 32.1 Å². The number of hydrogen-bond donors (Lipinski definition) is 1. The molecule has 3 fully saturated rings. The molecule has 1 N–H and O–H groups in total. The highest BCUT2D eigenvalue weighted by Crippen LogP contribution is 2.65. The maximum atomic E-state index is 10.8. The molecule has 0 aromatic rings. The Labute approximate surface area is 176 Å². The minimum Gasteiger partial charge on any atom is -0.416 e. The normalized spacial score (nSPS) is 45.4. The zero-order chi connectivity index (χ0) is 21.2. The second kappa shape index (κ2) is 6.95. The molecule has 0 aliphatic heterocycles. The second-order valence-corrected chi connectivity index (χ2v) is 17.0. The topological polar surface area (TPSA) is 29.5 Å². The Morgan fingerprint density at radius 3 is 2.64 bits per heavy atom. The van der Waals surface area contributed by atoms with E-state index in [1.54, 1.807) is 5.57 Å². The van der Waals surface area contributed by atoms with E-state index < -0.39 is 14.9 Å². The first-order valence-corrected chi connectivity index (χ1v) is 14.8. The van der Waals surface area contributed by atoms with E-state index >= 15 is 0 Å². The third-order valence-corrected chi connectivity index (χ3v) is 14.3. The van der Waals surface area contributed by atoms with Gasteiger partial charge < -0.3 is 9.53 Å². The van der Waals surface area contributed by atoms with Gasteiger partial charge in [0.05, 0.1) is 7.47 Å². The van der Waals surface area contributed by atoms with E-state index in [0.717, 1.165) is 25.7 Å². The van der Waals surface area contributed by atoms with Crippen molar-refractivity contribution in [1.29, 1.82) is 0 Å². The van der Waals surface area contributed by atoms with Crippen LogP contribution in [-0.4, -0.2) is 26.1 Å². The largest absolute Gasteiger partial charge is 0.416 e. The summed E-state index contributed by atoms with van der Waals surface area (Å²) in [4.78, 5) is 0. The molecule has 0 saturated heterocycles. The molecule has 0 aromatic heterocycles. The fourth-order valence-electron chi connectivity index (χ4n) is 7.06. The molecule has 3 saturated carbocycles. The summed E-state index contributed by atoms with van der Waals surface area (Å²) in [6.07, 6.45) is 12.8. The van der Waals surface area contributed by atoms with E-state index in [9.17, 15) is 6.48 Å². The fourth-order valence-corrected chi connectivity index (χ4v) is 7.91. The van der Waals surface area contributed by atoms with Crippen LogP contribution in [0.2, 0.25) is 18.1 Å². The van der Waals surface area contributed by atoms with Gasteiger partial charge in [-0.15, -0.1) is 0 Å². The highest BCUT2D eigenvalue weighted by atomic mass is 28.4. The van der Waals surface area contributed by atoms with Crippen LogP contribution in [0.15, 0.2) is 11.6 Å². The molecule has 0 bridgehead atoms. The maximum absolute atomic E-state index is 10.8. The van der Waals surface area contributed by atoms with Gasteiger partial charge in [-0.25, -0.2) is 0 Å². The Balaban J connectivity index is 1.69. The molecule has 0 amide bonds. The summed E-state index contributed by atoms with van der Waals surface area (Å²) in [5.41, 5.74) is 1.59. The molecule has 4 aliphatic carbocycles. The van der Waals surface area contributed by atoms with Crippen LogP contribution in [0, 0.1) is 28.6 Å². The lowest BCUT2D eigenvalue weighted by Crippen LogP contribution is -2.55. The third-order valence-electron chi connectivity index (χ3n) is 9.95. The average Bonchev–Trinajstić information content (AvgIpc) is 2.95. The van der Waals surface area contributed by atoms with E-state index in [4.69, 9.17) is 4.43 Å². The van der Waals surface area contributed by atoms with Gasteiger partial charge in [-0.3, -0.25) is 0 Å². The number of fused-ring (bicyclic) bond motifs is 5. The number of hydrogen-bond acceptors (Lipinski definition) is 2. The summed E-state index contributed by atoms with van der Waals surface area (Å²) in [7, 11) is -2.00. The van der Waals surface area contributed by atoms with Crippen molar-refractivity contribution in [2.45, 2.75) is 110 Å². The lowest BCUT2D eigenvalue weighted by atomic mass is 9.47. The fraction of sp³-hybridized carbons (Fsp3) is 0.920. The average molecular weight is 406 g/mol. The standard InChI is InChI=1S/C25H44O2Si/c1-23(2,3)28(5,6)27-17-25-15-8-7-9-18(25)10-11-19-20-12-13-22(26)24(20,4)16-14-21(19)25/h9,19-22,26H,7-8,10-17H2,1-6H3/t19-,20-,21-,22-,24-,25+/m0/s1/i17D/t17?,19-,20-,21-,22-,24-,25+. The van der Waals surface area contributed by atoms with Crippen LogP contribution in [0.1, 0.15) is 86.9 Å². The molecule has 4 rings (SSSR count). The Morgan fingerprint density at radius 1 is 1.18 bits per heavy atom. The summed E-state index contributed by atoms with van der Waals surface area (Å²) in [5.74, 6) is 1.87. The van der Waals surface area contributed by atoms with Gasteiger partial charge in [0.15, 0.2) is 8.32 Å². The van der Waals surface area contributed by atoms with E-state index in [1.807, 2.05) is 0 Å². The molecule has 0 radical (unpaired) electrons. The number of rotatable bonds is 3. The minimum absolute atomic E-state index is 0.0778. The lowest BCUT2D eigenvalue weighted by Gasteiger charge is -2.59. The molecule has 0 heterocycles. The molecule has 2 nitrogen and oxygen atoms in total. The quantitative estimate of drug-likeness (QED) is 0.418. The predicted octanol–water partition coefficient (Wildman–Crippen LogP) is 6.70. The minimum atomic E-state index is -2.00. The summed E-state index contributed by atoms with van der Waals surface area (Å²) < 4.78 is 16.3. The Morgan fingerprint density at radius 2 is 1.93 bits per heavy atom. The molecular weight excluding hydrogens is 360 g/mol. The first-order valence-electron chi connectivity index (χ1n) is 12.5. The van der Waals surface area contributed by atoms with Crippen molar-refractivity contribution in [3.63, 3.8) is 0 Å². The Hall–Kier alpha value is -0.123. The summed E-state index contributed by atoms with van der Waals surface area (Å²) in [6, 6.07) is 0. The van der Waals surface area contributed by atoms with Gasteiger partial charge in [0.2, 0.25) is 0 Å². The summed E-state index contributed by atoms with van der Waals surface area (Å²) >= 11 is 0. The third kappa shape index (κ3) is 3.10. The van der Waals surface area contributed by atoms with E-state index in [0.29, 0.717) is 17.8 Å². The zero-order valence-electron chi connectivity index (χ0n) is 20.2. The smallest absolute Gasteiger partial charge is 0.192 e. The van der Waals surface area contributed by atoms with Crippen LogP contribution in [-0.2, 0) is 4.43 Å². The molecule has 1 unspecified atom stereocenters. The number of aliphatic hydroxyl groups is 1. The summed E-state index contributed by atoms with van der Waals surface area (Å²) in [5, 5.41) is 10.9. The molecule has 160 valence electrons. The maximum Gasteiger partial charge on any atom is 0.192 e. The van der Waals surface area contributed by atoms with E-state index in [2.05, 4.69) is 46.9 Å². The summed E-state index contributed by atoms with van der Waals surface area (Å²) in [6.45, 7) is 13.4. The SMILES string of the molecule is [2H]C(O[Si](C)(C)C(C)(C)C)[C@]12CCCC=C1CC[C@H]1[C@@H]3CC[C@H](O)[C@@]3(C)CC[C@@H]12. The van der Waals surface area contributed by atoms with Gasteiger partial charge in [0.25, 0.3) is 0 Å². The van der Waals surface area contributed by atoms with Crippen molar-refractivity contribution in [2.24, 2.45) is 28.6 Å². The van der Waals surface area contributed by atoms with Crippen LogP contribution in [0.3, 0.4) is 0 Å². The Bertz CT molecular complexity index is 668.